The first-order valence-corrected chi connectivity index (χ1v) is 10.1. The van der Waals surface area contributed by atoms with Crippen LogP contribution in [0.1, 0.15) is 20.8 Å². The Morgan fingerprint density at radius 3 is 1.74 bits per heavy atom. The summed E-state index contributed by atoms with van der Waals surface area (Å²) in [5.74, 6) is 0. The quantitative estimate of drug-likeness (QED) is 0.458. The van der Waals surface area contributed by atoms with Crippen molar-refractivity contribution in [2.75, 3.05) is 0 Å². The van der Waals surface area contributed by atoms with Gasteiger partial charge < -0.3 is 0 Å². The van der Waals surface area contributed by atoms with E-state index in [1.165, 1.54) is 25.8 Å². The standard InChI is InChI=1S/C22H22I/c1-22(2,3)23-20-16-10-15-19(17-11-6-4-7-12-17)21(20)18-13-8-5-9-14-18/h4-16H,1-3H3/q+1. The van der Waals surface area contributed by atoms with Gasteiger partial charge in [-0.05, 0) is 43.5 Å². The molecule has 0 amide bonds. The van der Waals surface area contributed by atoms with E-state index in [-0.39, 0.29) is 21.2 Å². The SMILES string of the molecule is CC(C)(C)[I+]c1cccc(-c2ccccc2)c1-c1ccccc1. The van der Waals surface area contributed by atoms with Crippen LogP contribution in [-0.4, -0.2) is 3.42 Å². The predicted octanol–water partition coefficient (Wildman–Crippen LogP) is 3.08. The van der Waals surface area contributed by atoms with Crippen molar-refractivity contribution in [3.63, 3.8) is 0 Å². The van der Waals surface area contributed by atoms with Crippen molar-refractivity contribution in [2.45, 2.75) is 24.2 Å². The van der Waals surface area contributed by atoms with Gasteiger partial charge >= 0.3 is 21.2 Å². The lowest BCUT2D eigenvalue weighted by Gasteiger charge is -2.12. The van der Waals surface area contributed by atoms with Gasteiger partial charge in [0.15, 0.2) is 6.99 Å². The Labute approximate surface area is 149 Å². The highest BCUT2D eigenvalue weighted by atomic mass is 127. The molecular weight excluding hydrogens is 391 g/mol. The first-order valence-electron chi connectivity index (χ1n) is 7.94. The van der Waals surface area contributed by atoms with E-state index in [1.807, 2.05) is 0 Å². The molecule has 0 nitrogen and oxygen atoms in total. The Morgan fingerprint density at radius 2 is 1.17 bits per heavy atom. The largest absolute Gasteiger partial charge is 0.319 e. The topological polar surface area (TPSA) is 0 Å². The highest BCUT2D eigenvalue weighted by molar-refractivity contribution is 5.83. The molecule has 0 bridgehead atoms. The zero-order valence-corrected chi connectivity index (χ0v) is 16.0. The fourth-order valence-electron chi connectivity index (χ4n) is 2.66. The number of hydrogen-bond acceptors (Lipinski definition) is 0. The van der Waals surface area contributed by atoms with Crippen LogP contribution in [0, 0.1) is 3.57 Å². The maximum absolute atomic E-state index is 2.35. The minimum Gasteiger partial charge on any atom is -0.0622 e. The van der Waals surface area contributed by atoms with Gasteiger partial charge in [-0.3, -0.25) is 0 Å². The maximum atomic E-state index is 2.35. The molecule has 0 aromatic heterocycles. The molecule has 3 aromatic carbocycles. The number of halogens is 1. The summed E-state index contributed by atoms with van der Waals surface area (Å²) in [4.78, 5) is 0. The molecule has 0 aliphatic carbocycles. The molecule has 3 rings (SSSR count). The average molecular weight is 413 g/mol. The normalized spacial score (nSPS) is 11.4. The monoisotopic (exact) mass is 413 g/mol. The average Bonchev–Trinajstić information content (AvgIpc) is 2.55. The zero-order valence-electron chi connectivity index (χ0n) is 13.9. The molecule has 0 aliphatic heterocycles. The molecule has 1 heteroatoms. The van der Waals surface area contributed by atoms with Crippen LogP contribution in [-0.2, 0) is 0 Å². The molecule has 0 radical (unpaired) electrons. The second-order valence-corrected chi connectivity index (χ2v) is 11.5. The Balaban J connectivity index is 2.22. The molecule has 116 valence electrons. The number of benzene rings is 3. The fraction of sp³-hybridized carbons (Fsp3) is 0.182. The molecule has 0 aliphatic rings. The second kappa shape index (κ2) is 6.88. The van der Waals surface area contributed by atoms with Crippen LogP contribution < -0.4 is 21.2 Å². The molecular formula is C22H22I+. The van der Waals surface area contributed by atoms with Gasteiger partial charge in [0.25, 0.3) is 0 Å². The summed E-state index contributed by atoms with van der Waals surface area (Å²) < 4.78 is 1.90. The van der Waals surface area contributed by atoms with Crippen molar-refractivity contribution >= 4 is 0 Å². The smallest absolute Gasteiger partial charge is 0.0622 e. The zero-order chi connectivity index (χ0) is 16.3. The van der Waals surface area contributed by atoms with Crippen LogP contribution >= 0.6 is 0 Å². The number of rotatable bonds is 3. The van der Waals surface area contributed by atoms with Gasteiger partial charge in [-0.2, -0.15) is 0 Å². The summed E-state index contributed by atoms with van der Waals surface area (Å²) in [6.45, 7) is 7.05. The first kappa shape index (κ1) is 16.3. The van der Waals surface area contributed by atoms with Crippen LogP contribution in [0.25, 0.3) is 22.3 Å². The van der Waals surface area contributed by atoms with E-state index in [4.69, 9.17) is 0 Å². The third-order valence-electron chi connectivity index (χ3n) is 3.55. The number of alkyl halides is 1. The van der Waals surface area contributed by atoms with Crippen molar-refractivity contribution in [1.82, 2.24) is 0 Å². The molecule has 0 saturated heterocycles. The van der Waals surface area contributed by atoms with E-state index in [9.17, 15) is 0 Å². The van der Waals surface area contributed by atoms with Crippen molar-refractivity contribution in [3.05, 3.63) is 82.4 Å². The third kappa shape index (κ3) is 4.03. The third-order valence-corrected chi connectivity index (χ3v) is 6.64. The van der Waals surface area contributed by atoms with Gasteiger partial charge in [0.05, 0.1) is 0 Å². The Hall–Kier alpha value is -1.61. The number of hydrogen-bond donors (Lipinski definition) is 0. The summed E-state index contributed by atoms with van der Waals surface area (Å²) in [6.07, 6.45) is 0. The Morgan fingerprint density at radius 1 is 0.609 bits per heavy atom. The summed E-state index contributed by atoms with van der Waals surface area (Å²) >= 11 is -0.0727. The van der Waals surface area contributed by atoms with Gasteiger partial charge in [0.1, 0.15) is 0 Å². The van der Waals surface area contributed by atoms with E-state index in [0.717, 1.165) is 0 Å². The van der Waals surface area contributed by atoms with Gasteiger partial charge in [0, 0.05) is 5.56 Å². The van der Waals surface area contributed by atoms with Crippen LogP contribution in [0.4, 0.5) is 0 Å². The van der Waals surface area contributed by atoms with Crippen molar-refractivity contribution in [3.8, 4) is 22.3 Å². The highest BCUT2D eigenvalue weighted by Gasteiger charge is 2.32. The first-order chi connectivity index (χ1) is 11.0. The van der Waals surface area contributed by atoms with E-state index in [2.05, 4.69) is 99.6 Å². The van der Waals surface area contributed by atoms with Crippen molar-refractivity contribution in [2.24, 2.45) is 0 Å². The van der Waals surface area contributed by atoms with Crippen LogP contribution in [0.2, 0.25) is 0 Å². The molecule has 0 saturated carbocycles. The molecule has 0 heterocycles. The molecule has 23 heavy (non-hydrogen) atoms. The Kier molecular flexibility index (Phi) is 4.86. The van der Waals surface area contributed by atoms with Gasteiger partial charge in [-0.1, -0.05) is 72.8 Å². The lowest BCUT2D eigenvalue weighted by atomic mass is 9.95. The predicted molar refractivity (Wildman–Crippen MR) is 95.8 cm³/mol. The van der Waals surface area contributed by atoms with E-state index < -0.39 is 0 Å². The van der Waals surface area contributed by atoms with Gasteiger partial charge in [-0.25, -0.2) is 0 Å². The molecule has 0 N–H and O–H groups in total. The Bertz CT molecular complexity index is 768. The molecule has 0 atom stereocenters. The van der Waals surface area contributed by atoms with Crippen molar-refractivity contribution in [1.29, 1.82) is 0 Å². The van der Waals surface area contributed by atoms with Crippen LogP contribution in [0.15, 0.2) is 78.9 Å². The summed E-state index contributed by atoms with van der Waals surface area (Å²) in [6, 6.07) is 28.4. The van der Waals surface area contributed by atoms with Gasteiger partial charge in [-0.15, -0.1) is 0 Å². The fourth-order valence-corrected chi connectivity index (χ4v) is 5.67. The van der Waals surface area contributed by atoms with Gasteiger partial charge in [0.2, 0.25) is 0 Å². The van der Waals surface area contributed by atoms with E-state index in [0.29, 0.717) is 3.42 Å². The maximum Gasteiger partial charge on any atom is 0.319 e. The summed E-state index contributed by atoms with van der Waals surface area (Å²) in [7, 11) is 0. The van der Waals surface area contributed by atoms with Crippen molar-refractivity contribution < 1.29 is 21.2 Å². The summed E-state index contributed by atoms with van der Waals surface area (Å²) in [5, 5.41) is 0. The second-order valence-electron chi connectivity index (χ2n) is 6.56. The molecule has 0 spiro atoms. The van der Waals surface area contributed by atoms with Crippen LogP contribution in [0.3, 0.4) is 0 Å². The minimum atomic E-state index is -0.0727. The van der Waals surface area contributed by atoms with E-state index in [1.54, 1.807) is 0 Å². The summed E-state index contributed by atoms with van der Waals surface area (Å²) in [5.41, 5.74) is 5.39. The highest BCUT2D eigenvalue weighted by Crippen LogP contribution is 2.31. The minimum absolute atomic E-state index is 0.0727. The molecule has 0 unspecified atom stereocenters. The van der Waals surface area contributed by atoms with E-state index >= 15 is 0 Å². The lowest BCUT2D eigenvalue weighted by Crippen LogP contribution is -3.67. The molecule has 0 fully saturated rings. The van der Waals surface area contributed by atoms with Crippen LogP contribution in [0.5, 0.6) is 0 Å². The molecule has 3 aromatic rings. The lowest BCUT2D eigenvalue weighted by molar-refractivity contribution is -0.691.